The van der Waals surface area contributed by atoms with Crippen molar-refractivity contribution in [2.45, 2.75) is 5.16 Å². The van der Waals surface area contributed by atoms with E-state index in [1.54, 1.807) is 0 Å². The fraction of sp³-hybridized carbons (Fsp3) is 0.0667. The first-order chi connectivity index (χ1) is 11.6. The number of hydrogen-bond donors (Lipinski definition) is 1. The number of amides is 1. The van der Waals surface area contributed by atoms with Crippen LogP contribution in [0, 0.1) is 5.82 Å². The normalized spacial score (nSPS) is 10.6. The highest BCUT2D eigenvalue weighted by Crippen LogP contribution is 2.21. The van der Waals surface area contributed by atoms with Crippen LogP contribution in [0.5, 0.6) is 0 Å². The van der Waals surface area contributed by atoms with Gasteiger partial charge in [-0.05, 0) is 40.8 Å². The Morgan fingerprint density at radius 3 is 2.79 bits per heavy atom. The maximum atomic E-state index is 13.7. The van der Waals surface area contributed by atoms with Crippen LogP contribution in [0.4, 0.5) is 10.1 Å². The van der Waals surface area contributed by atoms with Gasteiger partial charge in [0.2, 0.25) is 11.1 Å². The molecule has 0 spiro atoms. The van der Waals surface area contributed by atoms with Crippen molar-refractivity contribution in [3.8, 4) is 5.69 Å². The molecule has 0 radical (unpaired) electrons. The van der Waals surface area contributed by atoms with Crippen molar-refractivity contribution in [1.82, 2.24) is 20.2 Å². The molecule has 3 rings (SSSR count). The van der Waals surface area contributed by atoms with Gasteiger partial charge >= 0.3 is 0 Å². The number of para-hydroxylation sites is 1. The van der Waals surface area contributed by atoms with Gasteiger partial charge in [0, 0.05) is 5.02 Å². The molecule has 1 N–H and O–H groups in total. The Morgan fingerprint density at radius 2 is 2.04 bits per heavy atom. The van der Waals surface area contributed by atoms with E-state index in [0.29, 0.717) is 5.16 Å². The largest absolute Gasteiger partial charge is 0.323 e. The molecule has 2 aromatic carbocycles. The van der Waals surface area contributed by atoms with Crippen LogP contribution in [0.2, 0.25) is 5.02 Å². The number of aromatic nitrogens is 4. The quantitative estimate of drug-likeness (QED) is 0.705. The molecule has 3 aromatic rings. The van der Waals surface area contributed by atoms with Crippen LogP contribution in [-0.2, 0) is 4.79 Å². The number of tetrazole rings is 1. The summed E-state index contributed by atoms with van der Waals surface area (Å²) in [6.07, 6.45) is 0. The van der Waals surface area contributed by atoms with Crippen molar-refractivity contribution in [1.29, 1.82) is 0 Å². The van der Waals surface area contributed by atoms with E-state index in [9.17, 15) is 9.18 Å². The van der Waals surface area contributed by atoms with Crippen LogP contribution in [0.3, 0.4) is 0 Å². The lowest BCUT2D eigenvalue weighted by Crippen LogP contribution is -2.15. The van der Waals surface area contributed by atoms with Crippen LogP contribution in [-0.4, -0.2) is 31.9 Å². The van der Waals surface area contributed by atoms with Crippen LogP contribution >= 0.6 is 23.4 Å². The summed E-state index contributed by atoms with van der Waals surface area (Å²) in [5, 5.41) is 14.6. The molecule has 122 valence electrons. The molecule has 6 nitrogen and oxygen atoms in total. The molecule has 1 aromatic heterocycles. The van der Waals surface area contributed by atoms with Gasteiger partial charge in [0.25, 0.3) is 0 Å². The number of carbonyl (C=O) groups excluding carboxylic acids is 1. The summed E-state index contributed by atoms with van der Waals surface area (Å²) in [7, 11) is 0. The van der Waals surface area contributed by atoms with Crippen molar-refractivity contribution in [3.63, 3.8) is 0 Å². The zero-order valence-electron chi connectivity index (χ0n) is 12.2. The zero-order chi connectivity index (χ0) is 16.9. The third kappa shape index (κ3) is 3.90. The molecule has 0 bridgehead atoms. The van der Waals surface area contributed by atoms with E-state index in [1.165, 1.54) is 16.8 Å². The monoisotopic (exact) mass is 363 g/mol. The van der Waals surface area contributed by atoms with E-state index in [1.807, 2.05) is 30.3 Å². The van der Waals surface area contributed by atoms with Crippen molar-refractivity contribution in [2.75, 3.05) is 11.1 Å². The minimum Gasteiger partial charge on any atom is -0.323 e. The van der Waals surface area contributed by atoms with Gasteiger partial charge < -0.3 is 5.32 Å². The average molecular weight is 364 g/mol. The molecule has 24 heavy (non-hydrogen) atoms. The van der Waals surface area contributed by atoms with E-state index in [0.717, 1.165) is 23.5 Å². The van der Waals surface area contributed by atoms with Crippen molar-refractivity contribution in [3.05, 3.63) is 59.4 Å². The SMILES string of the molecule is O=C(CSc1nnnn1-c1ccccc1)Nc1ccc(Cl)cc1F. The number of thioether (sulfide) groups is 1. The van der Waals surface area contributed by atoms with E-state index in [-0.39, 0.29) is 22.4 Å². The first kappa shape index (κ1) is 16.4. The predicted molar refractivity (Wildman–Crippen MR) is 89.9 cm³/mol. The second kappa shape index (κ2) is 7.41. The summed E-state index contributed by atoms with van der Waals surface area (Å²) in [5.74, 6) is -0.922. The van der Waals surface area contributed by atoms with Crippen LogP contribution in [0.15, 0.2) is 53.7 Å². The predicted octanol–water partition coefficient (Wildman–Crippen LogP) is 3.19. The fourth-order valence-electron chi connectivity index (χ4n) is 1.91. The molecule has 0 saturated heterocycles. The third-order valence-corrected chi connectivity index (χ3v) is 4.13. The van der Waals surface area contributed by atoms with Gasteiger partial charge in [-0.3, -0.25) is 4.79 Å². The summed E-state index contributed by atoms with van der Waals surface area (Å²) >= 11 is 6.83. The van der Waals surface area contributed by atoms with Crippen LogP contribution in [0.1, 0.15) is 0 Å². The first-order valence-electron chi connectivity index (χ1n) is 6.85. The molecule has 9 heteroatoms. The molecule has 0 unspecified atom stereocenters. The highest BCUT2D eigenvalue weighted by molar-refractivity contribution is 7.99. The molecule has 0 saturated carbocycles. The number of rotatable bonds is 5. The zero-order valence-corrected chi connectivity index (χ0v) is 13.8. The lowest BCUT2D eigenvalue weighted by Gasteiger charge is -2.07. The number of nitrogens with one attached hydrogen (secondary N) is 1. The van der Waals surface area contributed by atoms with Gasteiger partial charge in [-0.15, -0.1) is 5.10 Å². The molecule has 0 aliphatic heterocycles. The fourth-order valence-corrected chi connectivity index (χ4v) is 2.76. The topological polar surface area (TPSA) is 72.7 Å². The van der Waals surface area contributed by atoms with Gasteiger partial charge in [0.05, 0.1) is 17.1 Å². The maximum absolute atomic E-state index is 13.7. The Morgan fingerprint density at radius 1 is 1.25 bits per heavy atom. The molecular weight excluding hydrogens is 353 g/mol. The van der Waals surface area contributed by atoms with Crippen LogP contribution < -0.4 is 5.32 Å². The smallest absolute Gasteiger partial charge is 0.234 e. The molecular formula is C15H11ClFN5OS. The van der Waals surface area contributed by atoms with Gasteiger partial charge in [0.15, 0.2) is 0 Å². The third-order valence-electron chi connectivity index (χ3n) is 2.98. The average Bonchev–Trinajstić information content (AvgIpc) is 3.05. The van der Waals surface area contributed by atoms with Crippen molar-refractivity contribution < 1.29 is 9.18 Å². The summed E-state index contributed by atoms with van der Waals surface area (Å²) in [4.78, 5) is 12.0. The number of hydrogen-bond acceptors (Lipinski definition) is 5. The highest BCUT2D eigenvalue weighted by atomic mass is 35.5. The van der Waals surface area contributed by atoms with Crippen molar-refractivity contribution >= 4 is 35.0 Å². The Hall–Kier alpha value is -2.45. The second-order valence-electron chi connectivity index (χ2n) is 4.67. The number of halogens is 2. The summed E-state index contributed by atoms with van der Waals surface area (Å²) in [6, 6.07) is 13.4. The molecule has 0 atom stereocenters. The molecule has 1 heterocycles. The minimum atomic E-state index is -0.588. The highest BCUT2D eigenvalue weighted by Gasteiger charge is 2.12. The number of anilines is 1. The lowest BCUT2D eigenvalue weighted by atomic mass is 10.3. The van der Waals surface area contributed by atoms with Crippen LogP contribution in [0.25, 0.3) is 5.69 Å². The van der Waals surface area contributed by atoms with E-state index in [2.05, 4.69) is 20.8 Å². The number of nitrogens with zero attached hydrogens (tertiary/aromatic N) is 4. The number of carbonyl (C=O) groups is 1. The molecule has 0 aliphatic rings. The Balaban J connectivity index is 1.64. The Kier molecular flexibility index (Phi) is 5.07. The van der Waals surface area contributed by atoms with Gasteiger partial charge in [-0.1, -0.05) is 41.6 Å². The standard InChI is InChI=1S/C15H11ClFN5OS/c16-10-6-7-13(12(17)8-10)18-14(23)9-24-15-19-20-21-22(15)11-4-2-1-3-5-11/h1-8H,9H2,(H,18,23). The first-order valence-corrected chi connectivity index (χ1v) is 8.21. The van der Waals surface area contributed by atoms with Gasteiger partial charge in [0.1, 0.15) is 5.82 Å². The Labute approximate surface area is 146 Å². The summed E-state index contributed by atoms with van der Waals surface area (Å²) in [5.41, 5.74) is 0.863. The lowest BCUT2D eigenvalue weighted by molar-refractivity contribution is -0.113. The second-order valence-corrected chi connectivity index (χ2v) is 6.05. The maximum Gasteiger partial charge on any atom is 0.234 e. The molecule has 0 aliphatic carbocycles. The van der Waals surface area contributed by atoms with E-state index >= 15 is 0 Å². The van der Waals surface area contributed by atoms with Gasteiger partial charge in [-0.25, -0.2) is 4.39 Å². The van der Waals surface area contributed by atoms with Gasteiger partial charge in [-0.2, -0.15) is 4.68 Å². The van der Waals surface area contributed by atoms with Crippen molar-refractivity contribution in [2.24, 2.45) is 0 Å². The minimum absolute atomic E-state index is 0.0370. The van der Waals surface area contributed by atoms with E-state index < -0.39 is 5.82 Å². The number of benzene rings is 2. The van der Waals surface area contributed by atoms with E-state index in [4.69, 9.17) is 11.6 Å². The summed E-state index contributed by atoms with van der Waals surface area (Å²) < 4.78 is 15.2. The molecule has 0 fully saturated rings. The Bertz CT molecular complexity index is 858. The summed E-state index contributed by atoms with van der Waals surface area (Å²) in [6.45, 7) is 0. The molecule has 1 amide bonds.